The van der Waals surface area contributed by atoms with Crippen molar-refractivity contribution in [3.63, 3.8) is 0 Å². The van der Waals surface area contributed by atoms with Crippen molar-refractivity contribution in [2.24, 2.45) is 11.7 Å². The summed E-state index contributed by atoms with van der Waals surface area (Å²) in [6.45, 7) is 2.55. The van der Waals surface area contributed by atoms with Crippen molar-refractivity contribution < 1.29 is 14.6 Å². The summed E-state index contributed by atoms with van der Waals surface area (Å²) < 4.78 is 0. The van der Waals surface area contributed by atoms with Crippen LogP contribution in [0.3, 0.4) is 0 Å². The van der Waals surface area contributed by atoms with Crippen molar-refractivity contribution in [1.29, 1.82) is 0 Å². The molecule has 1 aromatic rings. The molecule has 0 aliphatic carbocycles. The Morgan fingerprint density at radius 1 is 1.42 bits per heavy atom. The van der Waals surface area contributed by atoms with Crippen molar-refractivity contribution >= 4 is 11.6 Å². The second-order valence-electron chi connectivity index (χ2n) is 5.05. The first-order valence-electron chi connectivity index (χ1n) is 6.42. The number of amides is 1. The van der Waals surface area contributed by atoms with Crippen LogP contribution in [0.25, 0.3) is 0 Å². The van der Waals surface area contributed by atoms with E-state index in [0.29, 0.717) is 0 Å². The van der Waals surface area contributed by atoms with Crippen LogP contribution >= 0.6 is 0 Å². The summed E-state index contributed by atoms with van der Waals surface area (Å²) >= 11 is 0. The predicted molar refractivity (Wildman–Crippen MR) is 69.4 cm³/mol. The molecule has 1 aliphatic heterocycles. The molecule has 1 fully saturated rings. The number of benzene rings is 1. The third kappa shape index (κ3) is 3.51. The zero-order valence-electron chi connectivity index (χ0n) is 10.7. The highest BCUT2D eigenvalue weighted by molar-refractivity contribution is 5.76. The summed E-state index contributed by atoms with van der Waals surface area (Å²) in [7, 11) is 0. The number of nitrogens with zero attached hydrogens (tertiary/aromatic N) is 1. The Bertz CT molecular complexity index is 473. The standard InChI is InChI=1S/C13H17N3O3/c14-13(17)11-2-1-7-15(9-11)8-10-3-5-12(6-4-10)16(18)19/h3-6,11H,1-2,7-9H2,(H2,14,17)/p+1/t11-/m1/s1. The molecule has 102 valence electrons. The van der Waals surface area contributed by atoms with Crippen LogP contribution in [0.15, 0.2) is 24.3 Å². The number of piperidine rings is 1. The molecule has 3 N–H and O–H groups in total. The normalized spacial score (nSPS) is 22.9. The molecule has 6 heteroatoms. The zero-order chi connectivity index (χ0) is 13.8. The Hall–Kier alpha value is -1.95. The number of hydrogen-bond acceptors (Lipinski definition) is 3. The van der Waals surface area contributed by atoms with Gasteiger partial charge in [0.15, 0.2) is 0 Å². The van der Waals surface area contributed by atoms with Gasteiger partial charge in [0.2, 0.25) is 5.91 Å². The molecule has 2 rings (SSSR count). The first-order chi connectivity index (χ1) is 9.06. The molecule has 1 saturated heterocycles. The molecule has 6 nitrogen and oxygen atoms in total. The second kappa shape index (κ2) is 5.79. The molecule has 0 bridgehead atoms. The van der Waals surface area contributed by atoms with Crippen LogP contribution in [0, 0.1) is 16.0 Å². The maximum absolute atomic E-state index is 11.2. The lowest BCUT2D eigenvalue weighted by molar-refractivity contribution is -0.921. The number of nitro groups is 1. The lowest BCUT2D eigenvalue weighted by Crippen LogP contribution is -3.12. The zero-order valence-corrected chi connectivity index (χ0v) is 10.7. The van der Waals surface area contributed by atoms with E-state index >= 15 is 0 Å². The number of non-ortho nitro benzene ring substituents is 1. The Balaban J connectivity index is 1.96. The first-order valence-corrected chi connectivity index (χ1v) is 6.42. The fourth-order valence-electron chi connectivity index (χ4n) is 2.58. The topological polar surface area (TPSA) is 90.7 Å². The number of quaternary nitrogens is 1. The molecule has 1 unspecified atom stereocenters. The number of carbonyl (C=O) groups is 1. The number of nitro benzene ring substituents is 1. The Labute approximate surface area is 111 Å². The summed E-state index contributed by atoms with van der Waals surface area (Å²) in [5.74, 6) is -0.261. The van der Waals surface area contributed by atoms with Gasteiger partial charge in [0.1, 0.15) is 6.54 Å². The average molecular weight is 264 g/mol. The van der Waals surface area contributed by atoms with Gasteiger partial charge in [-0.3, -0.25) is 14.9 Å². The molecule has 2 atom stereocenters. The van der Waals surface area contributed by atoms with E-state index in [2.05, 4.69) is 0 Å². The molecule has 1 aliphatic rings. The van der Waals surface area contributed by atoms with Gasteiger partial charge in [0.25, 0.3) is 5.69 Å². The van der Waals surface area contributed by atoms with Gasteiger partial charge in [-0.25, -0.2) is 0 Å². The Kier molecular flexibility index (Phi) is 4.11. The van der Waals surface area contributed by atoms with E-state index in [9.17, 15) is 14.9 Å². The summed E-state index contributed by atoms with van der Waals surface area (Å²) in [6.07, 6.45) is 1.87. The third-order valence-corrected chi connectivity index (χ3v) is 3.62. The summed E-state index contributed by atoms with van der Waals surface area (Å²) in [5, 5.41) is 10.6. The van der Waals surface area contributed by atoms with E-state index in [4.69, 9.17) is 5.73 Å². The van der Waals surface area contributed by atoms with Gasteiger partial charge >= 0.3 is 0 Å². The quantitative estimate of drug-likeness (QED) is 0.586. The number of nitrogens with one attached hydrogen (secondary N) is 1. The number of rotatable bonds is 4. The minimum absolute atomic E-state index is 0.0400. The van der Waals surface area contributed by atoms with E-state index in [-0.39, 0.29) is 17.5 Å². The number of carbonyl (C=O) groups excluding carboxylic acids is 1. The summed E-state index contributed by atoms with van der Waals surface area (Å²) in [6, 6.07) is 6.59. The molecular formula is C13H18N3O3+. The van der Waals surface area contributed by atoms with Crippen LogP contribution in [0.5, 0.6) is 0 Å². The number of nitrogens with two attached hydrogens (primary N) is 1. The SMILES string of the molecule is NC(=O)[C@@H]1CCC[NH+](Cc2ccc([N+](=O)[O-])cc2)C1. The first kappa shape index (κ1) is 13.5. The minimum atomic E-state index is -0.402. The molecule has 19 heavy (non-hydrogen) atoms. The van der Waals surface area contributed by atoms with Crippen molar-refractivity contribution in [3.8, 4) is 0 Å². The Morgan fingerprint density at radius 3 is 2.68 bits per heavy atom. The smallest absolute Gasteiger partial charge is 0.269 e. The predicted octanol–water partition coefficient (Wildman–Crippen LogP) is -0.125. The maximum Gasteiger partial charge on any atom is 0.269 e. The monoisotopic (exact) mass is 264 g/mol. The highest BCUT2D eigenvalue weighted by atomic mass is 16.6. The third-order valence-electron chi connectivity index (χ3n) is 3.62. The van der Waals surface area contributed by atoms with Gasteiger partial charge in [-0.2, -0.15) is 0 Å². The summed E-state index contributed by atoms with van der Waals surface area (Å²) in [5.41, 5.74) is 6.50. The fraction of sp³-hybridized carbons (Fsp3) is 0.462. The van der Waals surface area contributed by atoms with Crippen LogP contribution in [0.4, 0.5) is 5.69 Å². The molecule has 1 aromatic carbocycles. The lowest BCUT2D eigenvalue weighted by atomic mass is 9.97. The highest BCUT2D eigenvalue weighted by Gasteiger charge is 2.26. The van der Waals surface area contributed by atoms with Gasteiger partial charge in [0, 0.05) is 17.7 Å². The van der Waals surface area contributed by atoms with E-state index in [0.717, 1.165) is 38.0 Å². The van der Waals surface area contributed by atoms with Crippen molar-refractivity contribution in [1.82, 2.24) is 0 Å². The molecule has 0 aromatic heterocycles. The molecule has 1 amide bonds. The van der Waals surface area contributed by atoms with Crippen LogP contribution in [0.2, 0.25) is 0 Å². The van der Waals surface area contributed by atoms with E-state index in [1.165, 1.54) is 17.0 Å². The fourth-order valence-corrected chi connectivity index (χ4v) is 2.58. The number of likely N-dealkylation sites (tertiary alicyclic amines) is 1. The van der Waals surface area contributed by atoms with Crippen LogP contribution in [-0.2, 0) is 11.3 Å². The lowest BCUT2D eigenvalue weighted by Gasteiger charge is -2.28. The Morgan fingerprint density at radius 2 is 2.11 bits per heavy atom. The van der Waals surface area contributed by atoms with Gasteiger partial charge in [-0.1, -0.05) is 0 Å². The van der Waals surface area contributed by atoms with E-state index in [1.807, 2.05) is 0 Å². The van der Waals surface area contributed by atoms with Crippen LogP contribution in [0.1, 0.15) is 18.4 Å². The number of primary amides is 1. The molecule has 1 heterocycles. The van der Waals surface area contributed by atoms with Crippen molar-refractivity contribution in [2.75, 3.05) is 13.1 Å². The number of hydrogen-bond donors (Lipinski definition) is 2. The summed E-state index contributed by atoms with van der Waals surface area (Å²) in [4.78, 5) is 22.7. The van der Waals surface area contributed by atoms with Crippen molar-refractivity contribution in [2.45, 2.75) is 19.4 Å². The van der Waals surface area contributed by atoms with Crippen molar-refractivity contribution in [3.05, 3.63) is 39.9 Å². The van der Waals surface area contributed by atoms with Gasteiger partial charge in [0.05, 0.1) is 23.9 Å². The van der Waals surface area contributed by atoms with Gasteiger partial charge in [-0.15, -0.1) is 0 Å². The van der Waals surface area contributed by atoms with Crippen LogP contribution in [-0.4, -0.2) is 23.9 Å². The minimum Gasteiger partial charge on any atom is -0.369 e. The average Bonchev–Trinajstić information content (AvgIpc) is 2.39. The van der Waals surface area contributed by atoms with Gasteiger partial charge < -0.3 is 10.6 Å². The van der Waals surface area contributed by atoms with Crippen LogP contribution < -0.4 is 10.6 Å². The second-order valence-corrected chi connectivity index (χ2v) is 5.05. The highest BCUT2D eigenvalue weighted by Crippen LogP contribution is 2.12. The maximum atomic E-state index is 11.2. The molecule has 0 saturated carbocycles. The van der Waals surface area contributed by atoms with Gasteiger partial charge in [-0.05, 0) is 25.0 Å². The largest absolute Gasteiger partial charge is 0.369 e. The molecule has 0 radical (unpaired) electrons. The molecule has 0 spiro atoms. The molecular weight excluding hydrogens is 246 g/mol. The van der Waals surface area contributed by atoms with E-state index < -0.39 is 4.92 Å². The van der Waals surface area contributed by atoms with E-state index in [1.54, 1.807) is 12.1 Å².